The number of primary amides is 1. The highest BCUT2D eigenvalue weighted by Crippen LogP contribution is 2.21. The summed E-state index contributed by atoms with van der Waals surface area (Å²) in [5.41, 5.74) is 6.19. The number of nitrogens with two attached hydrogens (primary N) is 1. The molecular formula is C16H26N2OS. The lowest BCUT2D eigenvalue weighted by molar-refractivity contribution is -0.124. The van der Waals surface area contributed by atoms with E-state index in [1.54, 1.807) is 0 Å². The fraction of sp³-hybridized carbons (Fsp3) is 0.562. The molecule has 1 rings (SSSR count). The molecule has 4 heteroatoms. The molecule has 0 saturated carbocycles. The number of carbonyl (C=O) groups excluding carboxylic acids is 1. The van der Waals surface area contributed by atoms with E-state index >= 15 is 0 Å². The molecule has 0 heterocycles. The first-order valence-corrected chi connectivity index (χ1v) is 8.21. The number of hydrogen-bond acceptors (Lipinski definition) is 3. The van der Waals surface area contributed by atoms with Crippen molar-refractivity contribution in [1.82, 2.24) is 5.32 Å². The quantitative estimate of drug-likeness (QED) is 0.543. The van der Waals surface area contributed by atoms with Gasteiger partial charge in [-0.2, -0.15) is 0 Å². The van der Waals surface area contributed by atoms with Gasteiger partial charge in [-0.3, -0.25) is 4.79 Å². The Morgan fingerprint density at radius 3 is 2.50 bits per heavy atom. The van der Waals surface area contributed by atoms with E-state index < -0.39 is 5.54 Å². The summed E-state index contributed by atoms with van der Waals surface area (Å²) >= 11 is 1.86. The Kier molecular flexibility index (Phi) is 7.10. The minimum absolute atomic E-state index is 0.259. The predicted molar refractivity (Wildman–Crippen MR) is 87.0 cm³/mol. The molecule has 0 saturated heterocycles. The number of aryl methyl sites for hydroxylation is 1. The van der Waals surface area contributed by atoms with Gasteiger partial charge in [0.25, 0.3) is 0 Å². The maximum absolute atomic E-state index is 11.5. The Morgan fingerprint density at radius 2 is 1.95 bits per heavy atom. The van der Waals surface area contributed by atoms with Crippen LogP contribution in [0, 0.1) is 6.92 Å². The second-order valence-electron chi connectivity index (χ2n) is 5.35. The second-order valence-corrected chi connectivity index (χ2v) is 6.51. The number of carbonyl (C=O) groups is 1. The van der Waals surface area contributed by atoms with Crippen LogP contribution in [-0.2, 0) is 4.79 Å². The number of nitrogens with one attached hydrogen (secondary N) is 1. The normalized spacial score (nSPS) is 13.9. The van der Waals surface area contributed by atoms with Crippen LogP contribution in [0.5, 0.6) is 0 Å². The van der Waals surface area contributed by atoms with Crippen molar-refractivity contribution in [2.75, 3.05) is 12.3 Å². The monoisotopic (exact) mass is 294 g/mol. The van der Waals surface area contributed by atoms with Gasteiger partial charge in [0.05, 0.1) is 5.54 Å². The topological polar surface area (TPSA) is 55.1 Å². The van der Waals surface area contributed by atoms with E-state index in [1.807, 2.05) is 25.6 Å². The third kappa shape index (κ3) is 5.55. The number of amides is 1. The molecule has 0 aliphatic heterocycles. The molecule has 112 valence electrons. The van der Waals surface area contributed by atoms with Gasteiger partial charge in [0.1, 0.15) is 0 Å². The predicted octanol–water partition coefficient (Wildman–Crippen LogP) is 3.11. The minimum atomic E-state index is -0.566. The molecule has 1 atom stereocenters. The summed E-state index contributed by atoms with van der Waals surface area (Å²) in [6.45, 7) is 6.75. The highest BCUT2D eigenvalue weighted by molar-refractivity contribution is 7.99. The van der Waals surface area contributed by atoms with Gasteiger partial charge in [0.2, 0.25) is 5.91 Å². The first-order valence-electron chi connectivity index (χ1n) is 7.22. The summed E-state index contributed by atoms with van der Waals surface area (Å²) in [4.78, 5) is 12.8. The Labute approximate surface area is 126 Å². The molecule has 0 aliphatic rings. The van der Waals surface area contributed by atoms with Gasteiger partial charge in [-0.25, -0.2) is 0 Å². The molecule has 0 aliphatic carbocycles. The van der Waals surface area contributed by atoms with E-state index in [4.69, 9.17) is 5.73 Å². The van der Waals surface area contributed by atoms with Crippen LogP contribution in [0.3, 0.4) is 0 Å². The SMILES string of the molecule is CCNC(C)(CCCCSc1ccc(C)cc1)C(N)=O. The van der Waals surface area contributed by atoms with Gasteiger partial charge in [-0.1, -0.05) is 31.0 Å². The summed E-state index contributed by atoms with van der Waals surface area (Å²) in [6, 6.07) is 8.59. The maximum Gasteiger partial charge on any atom is 0.237 e. The van der Waals surface area contributed by atoms with E-state index in [2.05, 4.69) is 36.5 Å². The Balaban J connectivity index is 2.27. The fourth-order valence-electron chi connectivity index (χ4n) is 2.09. The van der Waals surface area contributed by atoms with Crippen molar-refractivity contribution in [3.8, 4) is 0 Å². The van der Waals surface area contributed by atoms with E-state index in [9.17, 15) is 4.79 Å². The molecular weight excluding hydrogens is 268 g/mol. The average molecular weight is 294 g/mol. The zero-order chi connectivity index (χ0) is 15.0. The summed E-state index contributed by atoms with van der Waals surface area (Å²) in [5, 5.41) is 3.19. The number of hydrogen-bond donors (Lipinski definition) is 2. The van der Waals surface area contributed by atoms with E-state index in [-0.39, 0.29) is 5.91 Å². The molecule has 0 fully saturated rings. The third-order valence-electron chi connectivity index (χ3n) is 3.47. The van der Waals surface area contributed by atoms with Gasteiger partial charge in [0.15, 0.2) is 0 Å². The molecule has 1 amide bonds. The summed E-state index contributed by atoms with van der Waals surface area (Å²) < 4.78 is 0. The molecule has 0 bridgehead atoms. The molecule has 0 aromatic heterocycles. The first-order chi connectivity index (χ1) is 9.48. The maximum atomic E-state index is 11.5. The zero-order valence-electron chi connectivity index (χ0n) is 12.7. The fourth-order valence-corrected chi connectivity index (χ4v) is 3.01. The smallest absolute Gasteiger partial charge is 0.237 e. The molecule has 1 aromatic rings. The van der Waals surface area contributed by atoms with Crippen molar-refractivity contribution in [3.63, 3.8) is 0 Å². The van der Waals surface area contributed by atoms with Gasteiger partial charge in [-0.15, -0.1) is 11.8 Å². The average Bonchev–Trinajstić information content (AvgIpc) is 2.40. The van der Waals surface area contributed by atoms with E-state index in [0.29, 0.717) is 0 Å². The Bertz CT molecular complexity index is 419. The third-order valence-corrected chi connectivity index (χ3v) is 4.57. The highest BCUT2D eigenvalue weighted by atomic mass is 32.2. The van der Waals surface area contributed by atoms with Crippen LogP contribution in [0.15, 0.2) is 29.2 Å². The zero-order valence-corrected chi connectivity index (χ0v) is 13.6. The lowest BCUT2D eigenvalue weighted by Gasteiger charge is -2.26. The van der Waals surface area contributed by atoms with Crippen molar-refractivity contribution < 1.29 is 4.79 Å². The van der Waals surface area contributed by atoms with Crippen LogP contribution >= 0.6 is 11.8 Å². The van der Waals surface area contributed by atoms with Crippen molar-refractivity contribution in [1.29, 1.82) is 0 Å². The Hall–Kier alpha value is -1.00. The lowest BCUT2D eigenvalue weighted by Crippen LogP contribution is -2.52. The van der Waals surface area contributed by atoms with Gasteiger partial charge < -0.3 is 11.1 Å². The number of thioether (sulfide) groups is 1. The number of unbranched alkanes of at least 4 members (excludes halogenated alkanes) is 1. The second kappa shape index (κ2) is 8.32. The van der Waals surface area contributed by atoms with Gasteiger partial charge in [0, 0.05) is 4.90 Å². The molecule has 3 N–H and O–H groups in total. The molecule has 3 nitrogen and oxygen atoms in total. The molecule has 20 heavy (non-hydrogen) atoms. The molecule has 1 unspecified atom stereocenters. The minimum Gasteiger partial charge on any atom is -0.368 e. The highest BCUT2D eigenvalue weighted by Gasteiger charge is 2.28. The summed E-state index contributed by atoms with van der Waals surface area (Å²) in [7, 11) is 0. The number of likely N-dealkylation sites (N-methyl/N-ethyl adjacent to an activating group) is 1. The van der Waals surface area contributed by atoms with Crippen LogP contribution in [-0.4, -0.2) is 23.7 Å². The standard InChI is InChI=1S/C16H26N2OS/c1-4-18-16(3,15(17)19)11-5-6-12-20-14-9-7-13(2)8-10-14/h7-10,18H,4-6,11-12H2,1-3H3,(H2,17,19). The van der Waals surface area contributed by atoms with E-state index in [0.717, 1.165) is 31.6 Å². The van der Waals surface area contributed by atoms with Crippen molar-refractivity contribution in [2.24, 2.45) is 5.73 Å². The van der Waals surface area contributed by atoms with Gasteiger partial charge >= 0.3 is 0 Å². The van der Waals surface area contributed by atoms with Gasteiger partial charge in [-0.05, 0) is 51.1 Å². The molecule has 1 aromatic carbocycles. The molecule has 0 spiro atoms. The molecule has 0 radical (unpaired) electrons. The number of benzene rings is 1. The summed E-state index contributed by atoms with van der Waals surface area (Å²) in [5.74, 6) is 0.815. The largest absolute Gasteiger partial charge is 0.368 e. The number of rotatable bonds is 9. The van der Waals surface area contributed by atoms with Crippen molar-refractivity contribution in [3.05, 3.63) is 29.8 Å². The van der Waals surface area contributed by atoms with E-state index in [1.165, 1.54) is 10.5 Å². The van der Waals surface area contributed by atoms with Crippen molar-refractivity contribution in [2.45, 2.75) is 50.5 Å². The van der Waals surface area contributed by atoms with Crippen LogP contribution < -0.4 is 11.1 Å². The van der Waals surface area contributed by atoms with Crippen molar-refractivity contribution >= 4 is 17.7 Å². The first kappa shape index (κ1) is 17.1. The Morgan fingerprint density at radius 1 is 1.30 bits per heavy atom. The summed E-state index contributed by atoms with van der Waals surface area (Å²) in [6.07, 6.45) is 2.89. The van der Waals surface area contributed by atoms with Crippen LogP contribution in [0.4, 0.5) is 0 Å². The van der Waals surface area contributed by atoms with Crippen LogP contribution in [0.1, 0.15) is 38.7 Å². The van der Waals surface area contributed by atoms with Crippen LogP contribution in [0.2, 0.25) is 0 Å². The lowest BCUT2D eigenvalue weighted by atomic mass is 9.94. The van der Waals surface area contributed by atoms with Crippen LogP contribution in [0.25, 0.3) is 0 Å².